The number of allylic oxidation sites excluding steroid dienone is 2. The number of carbonyl (C=O) groups is 3. The molecule has 2 fully saturated rings. The average molecular weight is 350 g/mol. The number of imide groups is 1. The van der Waals surface area contributed by atoms with Gasteiger partial charge in [-0.3, -0.25) is 19.3 Å². The van der Waals surface area contributed by atoms with Crippen LogP contribution in [0, 0.1) is 30.6 Å². The summed E-state index contributed by atoms with van der Waals surface area (Å²) in [6.45, 7) is 2.56. The number of nitrogens with zero attached hydrogens (tertiary/aromatic N) is 2. The Morgan fingerprint density at radius 2 is 1.81 bits per heavy atom. The van der Waals surface area contributed by atoms with Crippen LogP contribution in [0.4, 0.5) is 5.69 Å². The molecule has 5 rings (SSSR count). The Bertz CT molecular complexity index is 829. The molecule has 5 nitrogen and oxygen atoms in total. The van der Waals surface area contributed by atoms with Gasteiger partial charge < -0.3 is 4.90 Å². The maximum absolute atomic E-state index is 13.0. The Hall–Kier alpha value is -2.43. The summed E-state index contributed by atoms with van der Waals surface area (Å²) in [5.41, 5.74) is 3.27. The summed E-state index contributed by atoms with van der Waals surface area (Å²) in [6.07, 6.45) is 6.93. The number of benzene rings is 1. The number of hydrogen-bond donors (Lipinski definition) is 0. The van der Waals surface area contributed by atoms with E-state index >= 15 is 0 Å². The lowest BCUT2D eigenvalue weighted by Gasteiger charge is -2.31. The van der Waals surface area contributed by atoms with Crippen molar-refractivity contribution in [3.63, 3.8) is 0 Å². The molecule has 0 aromatic heterocycles. The van der Waals surface area contributed by atoms with E-state index in [0.29, 0.717) is 6.54 Å². The zero-order chi connectivity index (χ0) is 18.0. The van der Waals surface area contributed by atoms with Crippen LogP contribution in [0.5, 0.6) is 0 Å². The van der Waals surface area contributed by atoms with Crippen LogP contribution in [0.25, 0.3) is 0 Å². The minimum absolute atomic E-state index is 0.128. The molecule has 1 saturated heterocycles. The smallest absolute Gasteiger partial charge is 0.247 e. The van der Waals surface area contributed by atoms with Gasteiger partial charge >= 0.3 is 0 Å². The van der Waals surface area contributed by atoms with Crippen LogP contribution in [0.3, 0.4) is 0 Å². The van der Waals surface area contributed by atoms with Crippen molar-refractivity contribution in [1.29, 1.82) is 0 Å². The summed E-state index contributed by atoms with van der Waals surface area (Å²) < 4.78 is 0. The second kappa shape index (κ2) is 5.53. The SMILES string of the molecule is Cc1ccc2c(c1)CCCN2C(=O)CN1C(=O)C2C3C=CC(C3)C2C1=O. The van der Waals surface area contributed by atoms with Crippen molar-refractivity contribution in [2.45, 2.75) is 26.2 Å². The molecular weight excluding hydrogens is 328 g/mol. The highest BCUT2D eigenvalue weighted by Gasteiger charge is 2.59. The van der Waals surface area contributed by atoms with Crippen molar-refractivity contribution in [2.24, 2.45) is 23.7 Å². The average Bonchev–Trinajstić information content (AvgIpc) is 3.31. The topological polar surface area (TPSA) is 57.7 Å². The summed E-state index contributed by atoms with van der Waals surface area (Å²) in [5, 5.41) is 0. The van der Waals surface area contributed by atoms with E-state index in [1.165, 1.54) is 16.0 Å². The van der Waals surface area contributed by atoms with Gasteiger partial charge in [-0.25, -0.2) is 0 Å². The molecule has 0 N–H and O–H groups in total. The molecule has 0 spiro atoms. The second-order valence-electron chi connectivity index (χ2n) is 8.04. The van der Waals surface area contributed by atoms with Gasteiger partial charge in [0.05, 0.1) is 11.8 Å². The van der Waals surface area contributed by atoms with Crippen LogP contribution in [-0.2, 0) is 20.8 Å². The zero-order valence-electron chi connectivity index (χ0n) is 14.9. The van der Waals surface area contributed by atoms with Crippen molar-refractivity contribution < 1.29 is 14.4 Å². The normalized spacial score (nSPS) is 31.6. The van der Waals surface area contributed by atoms with E-state index in [1.807, 2.05) is 19.1 Å². The molecule has 1 saturated carbocycles. The fourth-order valence-corrected chi connectivity index (χ4v) is 5.33. The first-order valence-electron chi connectivity index (χ1n) is 9.48. The van der Waals surface area contributed by atoms with Crippen molar-refractivity contribution in [1.82, 2.24) is 4.90 Å². The molecule has 2 aliphatic carbocycles. The van der Waals surface area contributed by atoms with Gasteiger partial charge in [-0.1, -0.05) is 29.8 Å². The number of rotatable bonds is 2. The van der Waals surface area contributed by atoms with Gasteiger partial charge in [0.15, 0.2) is 0 Å². The Morgan fingerprint density at radius 1 is 1.12 bits per heavy atom. The van der Waals surface area contributed by atoms with Crippen LogP contribution in [0.2, 0.25) is 0 Å². The molecule has 26 heavy (non-hydrogen) atoms. The van der Waals surface area contributed by atoms with Gasteiger partial charge in [0.2, 0.25) is 17.7 Å². The molecule has 1 aromatic rings. The monoisotopic (exact) mass is 350 g/mol. The molecule has 2 aliphatic heterocycles. The molecular formula is C21H22N2O3. The van der Waals surface area contributed by atoms with Crippen LogP contribution in [-0.4, -0.2) is 35.7 Å². The first-order valence-corrected chi connectivity index (χ1v) is 9.48. The van der Waals surface area contributed by atoms with Gasteiger partial charge in [-0.05, 0) is 49.7 Å². The summed E-state index contributed by atoms with van der Waals surface area (Å²) in [5.74, 6) is -0.557. The maximum Gasteiger partial charge on any atom is 0.247 e. The summed E-state index contributed by atoms with van der Waals surface area (Å²) in [7, 11) is 0. The fourth-order valence-electron chi connectivity index (χ4n) is 5.33. The largest absolute Gasteiger partial charge is 0.311 e. The van der Waals surface area contributed by atoms with Crippen LogP contribution >= 0.6 is 0 Å². The first-order chi connectivity index (χ1) is 12.5. The van der Waals surface area contributed by atoms with Gasteiger partial charge in [-0.15, -0.1) is 0 Å². The predicted molar refractivity (Wildman–Crippen MR) is 96.3 cm³/mol. The first kappa shape index (κ1) is 15.8. The van der Waals surface area contributed by atoms with Crippen molar-refractivity contribution in [2.75, 3.05) is 18.0 Å². The molecule has 4 unspecified atom stereocenters. The van der Waals surface area contributed by atoms with E-state index in [0.717, 1.165) is 24.9 Å². The molecule has 2 bridgehead atoms. The molecule has 0 radical (unpaired) electrons. The van der Waals surface area contributed by atoms with E-state index in [-0.39, 0.29) is 47.9 Å². The number of aryl methyl sites for hydroxylation is 2. The van der Waals surface area contributed by atoms with E-state index in [4.69, 9.17) is 0 Å². The number of hydrogen-bond acceptors (Lipinski definition) is 3. The second-order valence-corrected chi connectivity index (χ2v) is 8.04. The number of amides is 3. The molecule has 4 aliphatic rings. The number of carbonyl (C=O) groups excluding carboxylic acids is 3. The Morgan fingerprint density at radius 3 is 2.50 bits per heavy atom. The summed E-state index contributed by atoms with van der Waals surface area (Å²) >= 11 is 0. The molecule has 134 valence electrons. The molecule has 2 heterocycles. The van der Waals surface area contributed by atoms with Gasteiger partial charge in [0, 0.05) is 12.2 Å². The number of fused-ring (bicyclic) bond motifs is 6. The number of anilines is 1. The lowest BCUT2D eigenvalue weighted by atomic mass is 9.85. The predicted octanol–water partition coefficient (Wildman–Crippen LogP) is 2.08. The maximum atomic E-state index is 13.0. The fraction of sp³-hybridized carbons (Fsp3) is 0.476. The Kier molecular flexibility index (Phi) is 3.36. The van der Waals surface area contributed by atoms with Gasteiger partial charge in [0.25, 0.3) is 0 Å². The molecule has 1 aromatic carbocycles. The van der Waals surface area contributed by atoms with E-state index in [9.17, 15) is 14.4 Å². The van der Waals surface area contributed by atoms with E-state index < -0.39 is 0 Å². The Labute approximate surface area is 152 Å². The number of likely N-dealkylation sites (tertiary alicyclic amines) is 1. The van der Waals surface area contributed by atoms with E-state index in [2.05, 4.69) is 18.2 Å². The minimum atomic E-state index is -0.235. The third kappa shape index (κ3) is 2.12. The molecule has 4 atom stereocenters. The van der Waals surface area contributed by atoms with Crippen LogP contribution < -0.4 is 4.90 Å². The molecule has 3 amide bonds. The highest BCUT2D eigenvalue weighted by molar-refractivity contribution is 6.10. The lowest BCUT2D eigenvalue weighted by molar-refractivity contribution is -0.143. The highest BCUT2D eigenvalue weighted by atomic mass is 16.2. The summed E-state index contributed by atoms with van der Waals surface area (Å²) in [4.78, 5) is 41.5. The Balaban J connectivity index is 1.37. The van der Waals surface area contributed by atoms with E-state index in [1.54, 1.807) is 4.90 Å². The lowest BCUT2D eigenvalue weighted by Crippen LogP contribution is -2.45. The summed E-state index contributed by atoms with van der Waals surface area (Å²) in [6, 6.07) is 6.10. The minimum Gasteiger partial charge on any atom is -0.311 e. The van der Waals surface area contributed by atoms with Crippen LogP contribution in [0.1, 0.15) is 24.0 Å². The van der Waals surface area contributed by atoms with Crippen molar-refractivity contribution in [3.05, 3.63) is 41.5 Å². The third-order valence-electron chi connectivity index (χ3n) is 6.51. The van der Waals surface area contributed by atoms with Crippen molar-refractivity contribution in [3.8, 4) is 0 Å². The zero-order valence-corrected chi connectivity index (χ0v) is 14.9. The van der Waals surface area contributed by atoms with Gasteiger partial charge in [0.1, 0.15) is 6.54 Å². The highest BCUT2D eigenvalue weighted by Crippen LogP contribution is 2.52. The van der Waals surface area contributed by atoms with Gasteiger partial charge in [-0.2, -0.15) is 0 Å². The molecule has 5 heteroatoms. The van der Waals surface area contributed by atoms with Crippen molar-refractivity contribution >= 4 is 23.4 Å². The van der Waals surface area contributed by atoms with Crippen LogP contribution in [0.15, 0.2) is 30.4 Å². The quantitative estimate of drug-likeness (QED) is 0.606. The standard InChI is InChI=1S/C21H22N2O3/c1-12-4-7-16-13(9-12)3-2-8-22(16)17(24)11-23-20(25)18-14-5-6-15(10-14)19(18)21(23)26/h4-7,9,14-15,18-19H,2-3,8,10-11H2,1H3. The third-order valence-corrected chi connectivity index (χ3v) is 6.51.